The lowest BCUT2D eigenvalue weighted by molar-refractivity contribution is 0.209. The van der Waals surface area contributed by atoms with Gasteiger partial charge in [-0.15, -0.1) is 11.3 Å². The highest BCUT2D eigenvalue weighted by molar-refractivity contribution is 7.14. The second-order valence-electron chi connectivity index (χ2n) is 6.73. The fraction of sp³-hybridized carbons (Fsp3) is 0.130. The molecule has 0 atom stereocenters. The van der Waals surface area contributed by atoms with Gasteiger partial charge in [0.25, 0.3) is 0 Å². The van der Waals surface area contributed by atoms with Crippen molar-refractivity contribution >= 4 is 22.5 Å². The summed E-state index contributed by atoms with van der Waals surface area (Å²) < 4.78 is 0. The number of anilines is 1. The van der Waals surface area contributed by atoms with Crippen molar-refractivity contribution in [2.24, 2.45) is 0 Å². The highest BCUT2D eigenvalue weighted by Gasteiger charge is 2.16. The molecule has 0 bridgehead atoms. The van der Waals surface area contributed by atoms with E-state index in [4.69, 9.17) is 0 Å². The van der Waals surface area contributed by atoms with Gasteiger partial charge in [-0.25, -0.2) is 9.78 Å². The number of carbonyl (C=O) groups is 1. The molecule has 2 amide bonds. The lowest BCUT2D eigenvalue weighted by Crippen LogP contribution is -2.36. The molecule has 0 saturated heterocycles. The second-order valence-corrected chi connectivity index (χ2v) is 7.59. The van der Waals surface area contributed by atoms with Crippen molar-refractivity contribution in [3.05, 3.63) is 95.9 Å². The van der Waals surface area contributed by atoms with Crippen molar-refractivity contribution in [3.8, 4) is 11.3 Å². The first kappa shape index (κ1) is 19.7. The summed E-state index contributed by atoms with van der Waals surface area (Å²) in [6.07, 6.45) is 7.77. The number of pyridine rings is 2. The monoisotopic (exact) mass is 415 g/mol. The molecule has 0 aliphatic rings. The molecule has 6 nitrogen and oxygen atoms in total. The van der Waals surface area contributed by atoms with Crippen molar-refractivity contribution in [2.45, 2.75) is 13.0 Å². The summed E-state index contributed by atoms with van der Waals surface area (Å²) in [5, 5.41) is 5.43. The number of rotatable bonds is 7. The van der Waals surface area contributed by atoms with E-state index in [1.54, 1.807) is 29.7 Å². The number of benzene rings is 1. The number of hydrogen-bond acceptors (Lipinski definition) is 5. The molecule has 30 heavy (non-hydrogen) atoms. The van der Waals surface area contributed by atoms with Crippen molar-refractivity contribution in [1.82, 2.24) is 19.9 Å². The molecule has 3 heterocycles. The zero-order chi connectivity index (χ0) is 20.6. The summed E-state index contributed by atoms with van der Waals surface area (Å²) in [6.45, 7) is 1.07. The van der Waals surface area contributed by atoms with E-state index in [0.29, 0.717) is 18.2 Å². The molecule has 4 rings (SSSR count). The van der Waals surface area contributed by atoms with E-state index < -0.39 is 0 Å². The fourth-order valence-corrected chi connectivity index (χ4v) is 3.73. The van der Waals surface area contributed by atoms with Gasteiger partial charge in [0.2, 0.25) is 0 Å². The van der Waals surface area contributed by atoms with Crippen LogP contribution in [0.3, 0.4) is 0 Å². The summed E-state index contributed by atoms with van der Waals surface area (Å²) in [5.41, 5.74) is 3.89. The van der Waals surface area contributed by atoms with Crippen LogP contribution in [0.2, 0.25) is 0 Å². The fourth-order valence-electron chi connectivity index (χ4n) is 3.02. The third kappa shape index (κ3) is 5.27. The van der Waals surface area contributed by atoms with Crippen LogP contribution in [0.5, 0.6) is 0 Å². The number of nitrogens with zero attached hydrogens (tertiary/aromatic N) is 4. The third-order valence-corrected chi connectivity index (χ3v) is 5.33. The Morgan fingerprint density at radius 3 is 2.43 bits per heavy atom. The van der Waals surface area contributed by atoms with Crippen LogP contribution in [0.1, 0.15) is 11.1 Å². The second kappa shape index (κ2) is 9.76. The molecule has 3 aromatic heterocycles. The molecular formula is C23H21N5OS. The van der Waals surface area contributed by atoms with E-state index in [1.807, 2.05) is 47.8 Å². The largest absolute Gasteiger partial charge is 0.323 e. The predicted molar refractivity (Wildman–Crippen MR) is 119 cm³/mol. The molecule has 0 saturated carbocycles. The minimum Gasteiger partial charge on any atom is -0.320 e. The first-order valence-corrected chi connectivity index (χ1v) is 10.5. The summed E-state index contributed by atoms with van der Waals surface area (Å²) >= 11 is 1.40. The van der Waals surface area contributed by atoms with Crippen molar-refractivity contribution in [3.63, 3.8) is 0 Å². The van der Waals surface area contributed by atoms with Gasteiger partial charge in [0.1, 0.15) is 0 Å². The minimum absolute atomic E-state index is 0.179. The lowest BCUT2D eigenvalue weighted by Gasteiger charge is -2.22. The first-order chi connectivity index (χ1) is 14.8. The number of amides is 2. The number of aromatic nitrogens is 3. The maximum Gasteiger partial charge on any atom is 0.323 e. The molecule has 1 N–H and O–H groups in total. The molecule has 0 radical (unpaired) electrons. The zero-order valence-electron chi connectivity index (χ0n) is 16.3. The Balaban J connectivity index is 1.46. The minimum atomic E-state index is -0.179. The van der Waals surface area contributed by atoms with E-state index in [0.717, 1.165) is 23.2 Å². The van der Waals surface area contributed by atoms with Gasteiger partial charge in [-0.05, 0) is 35.7 Å². The number of carbonyl (C=O) groups excluding carboxylic acids is 1. The van der Waals surface area contributed by atoms with Crippen molar-refractivity contribution in [2.75, 3.05) is 11.9 Å². The summed E-state index contributed by atoms with van der Waals surface area (Å²) in [6, 6.07) is 17.6. The first-order valence-electron chi connectivity index (χ1n) is 9.62. The van der Waals surface area contributed by atoms with Crippen LogP contribution in [-0.2, 0) is 13.0 Å². The third-order valence-electron chi connectivity index (χ3n) is 4.57. The molecule has 7 heteroatoms. The van der Waals surface area contributed by atoms with Crippen molar-refractivity contribution in [1.29, 1.82) is 0 Å². The highest BCUT2D eigenvalue weighted by atomic mass is 32.1. The Kier molecular flexibility index (Phi) is 6.41. The van der Waals surface area contributed by atoms with Crippen LogP contribution in [0.4, 0.5) is 9.93 Å². The van der Waals surface area contributed by atoms with E-state index in [9.17, 15) is 4.79 Å². The Morgan fingerprint density at radius 2 is 1.70 bits per heavy atom. The van der Waals surface area contributed by atoms with Crippen LogP contribution >= 0.6 is 11.3 Å². The molecule has 0 spiro atoms. The Hall–Kier alpha value is -3.58. The summed E-state index contributed by atoms with van der Waals surface area (Å²) in [7, 11) is 0. The average Bonchev–Trinajstić information content (AvgIpc) is 3.27. The predicted octanol–water partition coefficient (Wildman–Crippen LogP) is 4.88. The van der Waals surface area contributed by atoms with Crippen LogP contribution in [-0.4, -0.2) is 32.4 Å². The maximum absolute atomic E-state index is 13.0. The maximum atomic E-state index is 13.0. The zero-order valence-corrected chi connectivity index (χ0v) is 17.1. The number of thiazole rings is 1. The molecule has 0 aliphatic heterocycles. The molecule has 0 unspecified atom stereocenters. The number of nitrogens with one attached hydrogen (secondary N) is 1. The highest BCUT2D eigenvalue weighted by Crippen LogP contribution is 2.24. The molecule has 0 fully saturated rings. The van der Waals surface area contributed by atoms with Crippen molar-refractivity contribution < 1.29 is 4.79 Å². The van der Waals surface area contributed by atoms with E-state index in [-0.39, 0.29) is 6.03 Å². The normalized spacial score (nSPS) is 10.5. The van der Waals surface area contributed by atoms with E-state index in [1.165, 1.54) is 16.9 Å². The van der Waals surface area contributed by atoms with Crippen LogP contribution < -0.4 is 5.32 Å². The number of hydrogen-bond donors (Lipinski definition) is 1. The molecular weight excluding hydrogens is 394 g/mol. The standard InChI is InChI=1S/C23H21N5OS/c29-23(27-22-26-21(17-30-22)20-9-5-12-25-15-20)28(16-19-8-4-11-24-14-19)13-10-18-6-2-1-3-7-18/h1-9,11-12,14-15,17H,10,13,16H2,(H,26,27,29). The van der Waals surface area contributed by atoms with Crippen LogP contribution in [0.15, 0.2) is 84.8 Å². The van der Waals surface area contributed by atoms with Crippen LogP contribution in [0.25, 0.3) is 11.3 Å². The Labute approximate surface area is 179 Å². The van der Waals surface area contributed by atoms with Gasteiger partial charge >= 0.3 is 6.03 Å². The average molecular weight is 416 g/mol. The molecule has 4 aromatic rings. The number of urea groups is 1. The van der Waals surface area contributed by atoms with Gasteiger partial charge in [0.05, 0.1) is 5.69 Å². The van der Waals surface area contributed by atoms with Gasteiger partial charge in [-0.1, -0.05) is 36.4 Å². The van der Waals surface area contributed by atoms with Gasteiger partial charge < -0.3 is 4.90 Å². The SMILES string of the molecule is O=C(Nc1nc(-c2cccnc2)cs1)N(CCc1ccccc1)Cc1cccnc1. The van der Waals surface area contributed by atoms with E-state index >= 15 is 0 Å². The summed E-state index contributed by atoms with van der Waals surface area (Å²) in [4.78, 5) is 27.6. The molecule has 0 aliphatic carbocycles. The van der Waals surface area contributed by atoms with Gasteiger partial charge in [-0.2, -0.15) is 0 Å². The topological polar surface area (TPSA) is 71.0 Å². The summed E-state index contributed by atoms with van der Waals surface area (Å²) in [5.74, 6) is 0. The quantitative estimate of drug-likeness (QED) is 0.467. The molecule has 1 aromatic carbocycles. The van der Waals surface area contributed by atoms with Gasteiger partial charge in [0, 0.05) is 48.8 Å². The molecule has 150 valence electrons. The van der Waals surface area contributed by atoms with Gasteiger partial charge in [0.15, 0.2) is 5.13 Å². The Morgan fingerprint density at radius 1 is 0.933 bits per heavy atom. The van der Waals surface area contributed by atoms with E-state index in [2.05, 4.69) is 32.4 Å². The Bertz CT molecular complexity index is 1070. The van der Waals surface area contributed by atoms with Gasteiger partial charge in [-0.3, -0.25) is 15.3 Å². The smallest absolute Gasteiger partial charge is 0.320 e. The van der Waals surface area contributed by atoms with Crippen LogP contribution in [0, 0.1) is 0 Å². The lowest BCUT2D eigenvalue weighted by atomic mass is 10.1.